The van der Waals surface area contributed by atoms with Crippen LogP contribution in [0.15, 0.2) is 41.1 Å². The molecule has 9 nitrogen and oxygen atoms in total. The van der Waals surface area contributed by atoms with E-state index in [0.29, 0.717) is 5.69 Å². The first-order valence-electron chi connectivity index (χ1n) is 7.38. The summed E-state index contributed by atoms with van der Waals surface area (Å²) in [6, 6.07) is 4.36. The summed E-state index contributed by atoms with van der Waals surface area (Å²) in [7, 11) is 0. The van der Waals surface area contributed by atoms with Crippen LogP contribution >= 0.6 is 0 Å². The molecule has 0 atom stereocenters. The minimum Gasteiger partial charge on any atom is -0.465 e. The molecule has 0 spiro atoms. The Bertz CT molecular complexity index is 942. The fraction of sp³-hybridized carbons (Fsp3) is 0.133. The highest BCUT2D eigenvalue weighted by Crippen LogP contribution is 2.31. The molecule has 2 heterocycles. The number of rotatable bonds is 5. The van der Waals surface area contributed by atoms with Crippen molar-refractivity contribution in [2.75, 3.05) is 5.32 Å². The van der Waals surface area contributed by atoms with Crippen LogP contribution in [-0.4, -0.2) is 31.4 Å². The lowest BCUT2D eigenvalue weighted by molar-refractivity contribution is -0.137. The maximum Gasteiger partial charge on any atom is 0.416 e. The molecule has 0 radical (unpaired) electrons. The predicted octanol–water partition coefficient (Wildman–Crippen LogP) is 3.06. The summed E-state index contributed by atoms with van der Waals surface area (Å²) in [5.74, 6) is 0.164. The Morgan fingerprint density at radius 3 is 2.48 bits per heavy atom. The van der Waals surface area contributed by atoms with Crippen LogP contribution in [0.1, 0.15) is 11.5 Å². The predicted molar refractivity (Wildman–Crippen MR) is 84.9 cm³/mol. The summed E-state index contributed by atoms with van der Waals surface area (Å²) in [6.07, 6.45) is -2.94. The number of alkyl halides is 3. The molecule has 27 heavy (non-hydrogen) atoms. The lowest BCUT2D eigenvalue weighted by Gasteiger charge is -2.10. The van der Waals surface area contributed by atoms with Crippen LogP contribution in [0, 0.1) is 0 Å². The van der Waals surface area contributed by atoms with Crippen LogP contribution in [0.3, 0.4) is 0 Å². The van der Waals surface area contributed by atoms with E-state index in [1.807, 2.05) is 0 Å². The van der Waals surface area contributed by atoms with Crippen molar-refractivity contribution in [3.05, 3.63) is 48.1 Å². The van der Waals surface area contributed by atoms with Crippen LogP contribution in [0.4, 0.5) is 29.5 Å². The van der Waals surface area contributed by atoms with Gasteiger partial charge in [0.15, 0.2) is 11.5 Å². The van der Waals surface area contributed by atoms with Crippen molar-refractivity contribution in [1.29, 1.82) is 0 Å². The number of halogens is 3. The third kappa shape index (κ3) is 4.48. The molecule has 0 saturated carbocycles. The average molecular weight is 380 g/mol. The molecule has 140 valence electrons. The van der Waals surface area contributed by atoms with E-state index < -0.39 is 17.8 Å². The smallest absolute Gasteiger partial charge is 0.416 e. The van der Waals surface area contributed by atoms with E-state index in [4.69, 9.17) is 9.52 Å². The largest absolute Gasteiger partial charge is 0.465 e. The Kier molecular flexibility index (Phi) is 4.88. The van der Waals surface area contributed by atoms with E-state index in [0.717, 1.165) is 12.1 Å². The summed E-state index contributed by atoms with van der Waals surface area (Å²) in [6.45, 7) is -0.190. The molecule has 0 fully saturated rings. The minimum atomic E-state index is -4.43. The van der Waals surface area contributed by atoms with Crippen molar-refractivity contribution in [3.63, 3.8) is 0 Å². The summed E-state index contributed by atoms with van der Waals surface area (Å²) in [5, 5.41) is 20.9. The standard InChI is InChI=1S/C15H11F3N6O3/c16-15(17,18)8-1-3-9(4-2-8)22-12-11(19-5-6-20-12)13-24-23-10(27-13)7-21-14(25)26/h1-6,21H,7H2,(H,20,22)(H,25,26). The van der Waals surface area contributed by atoms with Crippen molar-refractivity contribution in [1.82, 2.24) is 25.5 Å². The highest BCUT2D eigenvalue weighted by atomic mass is 19.4. The molecule has 3 N–H and O–H groups in total. The van der Waals surface area contributed by atoms with E-state index in [1.165, 1.54) is 24.5 Å². The van der Waals surface area contributed by atoms with Crippen molar-refractivity contribution in [2.24, 2.45) is 0 Å². The van der Waals surface area contributed by atoms with Gasteiger partial charge in [-0.25, -0.2) is 14.8 Å². The van der Waals surface area contributed by atoms with Crippen molar-refractivity contribution < 1.29 is 27.5 Å². The fourth-order valence-electron chi connectivity index (χ4n) is 2.04. The zero-order valence-electron chi connectivity index (χ0n) is 13.4. The van der Waals surface area contributed by atoms with Gasteiger partial charge in [-0.1, -0.05) is 0 Å². The van der Waals surface area contributed by atoms with Crippen LogP contribution in [0.5, 0.6) is 0 Å². The van der Waals surface area contributed by atoms with Crippen molar-refractivity contribution in [3.8, 4) is 11.6 Å². The van der Waals surface area contributed by atoms with Gasteiger partial charge in [0, 0.05) is 18.1 Å². The highest BCUT2D eigenvalue weighted by Gasteiger charge is 2.30. The Labute approximate surface area is 149 Å². The Hall–Kier alpha value is -3.70. The number of carboxylic acid groups (broad SMARTS) is 1. The van der Waals surface area contributed by atoms with Gasteiger partial charge in [-0.2, -0.15) is 13.2 Å². The first-order valence-corrected chi connectivity index (χ1v) is 7.38. The van der Waals surface area contributed by atoms with E-state index in [-0.39, 0.29) is 29.8 Å². The highest BCUT2D eigenvalue weighted by molar-refractivity contribution is 5.70. The third-order valence-electron chi connectivity index (χ3n) is 3.23. The Balaban J connectivity index is 1.81. The lowest BCUT2D eigenvalue weighted by atomic mass is 10.2. The average Bonchev–Trinajstić information content (AvgIpc) is 3.09. The number of hydrogen-bond donors (Lipinski definition) is 3. The van der Waals surface area contributed by atoms with Crippen LogP contribution in [-0.2, 0) is 12.7 Å². The van der Waals surface area contributed by atoms with Gasteiger partial charge in [-0.05, 0) is 24.3 Å². The first kappa shape index (κ1) is 18.1. The zero-order valence-corrected chi connectivity index (χ0v) is 13.4. The van der Waals surface area contributed by atoms with Crippen molar-refractivity contribution in [2.45, 2.75) is 12.7 Å². The summed E-state index contributed by atoms with van der Waals surface area (Å²) < 4.78 is 43.2. The van der Waals surface area contributed by atoms with Crippen molar-refractivity contribution >= 4 is 17.6 Å². The number of anilines is 2. The van der Waals surface area contributed by atoms with Gasteiger partial charge < -0.3 is 20.2 Å². The van der Waals surface area contributed by atoms with E-state index in [1.54, 1.807) is 0 Å². The van der Waals surface area contributed by atoms with Gasteiger partial charge in [0.25, 0.3) is 5.89 Å². The molecule has 0 bridgehead atoms. The van der Waals surface area contributed by atoms with E-state index in [9.17, 15) is 18.0 Å². The zero-order chi connectivity index (χ0) is 19.4. The van der Waals surface area contributed by atoms with E-state index in [2.05, 4.69) is 30.8 Å². The Morgan fingerprint density at radius 2 is 1.81 bits per heavy atom. The van der Waals surface area contributed by atoms with Gasteiger partial charge in [-0.3, -0.25) is 0 Å². The van der Waals surface area contributed by atoms with Gasteiger partial charge in [-0.15, -0.1) is 10.2 Å². The molecule has 0 saturated heterocycles. The first-order chi connectivity index (χ1) is 12.8. The molecule has 0 unspecified atom stereocenters. The molecule has 3 rings (SSSR count). The summed E-state index contributed by atoms with van der Waals surface area (Å²) in [5.41, 5.74) is -0.275. The molecule has 0 aliphatic heterocycles. The monoisotopic (exact) mass is 380 g/mol. The topological polar surface area (TPSA) is 126 Å². The molecule has 1 amide bonds. The lowest BCUT2D eigenvalue weighted by Crippen LogP contribution is -2.20. The van der Waals surface area contributed by atoms with Crippen LogP contribution in [0.2, 0.25) is 0 Å². The molecular weight excluding hydrogens is 369 g/mol. The fourth-order valence-corrected chi connectivity index (χ4v) is 2.04. The number of benzene rings is 1. The second-order valence-electron chi connectivity index (χ2n) is 5.11. The second-order valence-corrected chi connectivity index (χ2v) is 5.11. The molecular formula is C15H11F3N6O3. The number of aromatic nitrogens is 4. The van der Waals surface area contributed by atoms with Crippen LogP contribution < -0.4 is 10.6 Å². The molecule has 0 aliphatic carbocycles. The summed E-state index contributed by atoms with van der Waals surface area (Å²) >= 11 is 0. The molecule has 1 aromatic carbocycles. The van der Waals surface area contributed by atoms with Gasteiger partial charge in [0.05, 0.1) is 12.1 Å². The minimum absolute atomic E-state index is 0.0125. The van der Waals surface area contributed by atoms with Gasteiger partial charge in [0.2, 0.25) is 5.89 Å². The Morgan fingerprint density at radius 1 is 1.11 bits per heavy atom. The summed E-state index contributed by atoms with van der Waals surface area (Å²) in [4.78, 5) is 18.6. The maximum atomic E-state index is 12.6. The maximum absolute atomic E-state index is 12.6. The SMILES string of the molecule is O=C(O)NCc1nnc(-c2nccnc2Nc2ccc(C(F)(F)F)cc2)o1. The number of nitrogens with zero attached hydrogens (tertiary/aromatic N) is 4. The van der Waals surface area contributed by atoms with Crippen LogP contribution in [0.25, 0.3) is 11.6 Å². The number of nitrogens with one attached hydrogen (secondary N) is 2. The molecule has 12 heteroatoms. The molecule has 0 aliphatic rings. The quantitative estimate of drug-likeness (QED) is 0.617. The van der Waals surface area contributed by atoms with E-state index >= 15 is 0 Å². The normalized spacial score (nSPS) is 11.2. The van der Waals surface area contributed by atoms with Gasteiger partial charge in [0.1, 0.15) is 0 Å². The third-order valence-corrected chi connectivity index (χ3v) is 3.23. The molecule has 2 aromatic heterocycles. The molecule has 3 aromatic rings. The number of amides is 1. The second kappa shape index (κ2) is 7.27. The number of carbonyl (C=O) groups is 1. The van der Waals surface area contributed by atoms with Gasteiger partial charge >= 0.3 is 12.3 Å². The number of hydrogen-bond acceptors (Lipinski definition) is 7.